The summed E-state index contributed by atoms with van der Waals surface area (Å²) in [5.41, 5.74) is 0.405. The topological polar surface area (TPSA) is 29.9 Å². The van der Waals surface area contributed by atoms with Crippen LogP contribution in [-0.2, 0) is 6.54 Å². The van der Waals surface area contributed by atoms with Gasteiger partial charge in [-0.05, 0) is 18.4 Å². The van der Waals surface area contributed by atoms with Gasteiger partial charge >= 0.3 is 0 Å². The van der Waals surface area contributed by atoms with E-state index in [0.29, 0.717) is 10.4 Å². The molecule has 3 nitrogen and oxygen atoms in total. The van der Waals surface area contributed by atoms with Crippen molar-refractivity contribution in [3.05, 3.63) is 17.4 Å². The van der Waals surface area contributed by atoms with E-state index < -0.39 is 0 Å². The Morgan fingerprint density at radius 2 is 2.13 bits per heavy atom. The highest BCUT2D eigenvalue weighted by atomic mass is 35.5. The number of nitrogens with one attached hydrogen (secondary N) is 1. The lowest BCUT2D eigenvalue weighted by atomic mass is 9.92. The van der Waals surface area contributed by atoms with Crippen LogP contribution in [0.15, 0.2) is 12.4 Å². The lowest BCUT2D eigenvalue weighted by Gasteiger charge is -2.17. The molecular formula is C11H20ClN3. The van der Waals surface area contributed by atoms with Crippen molar-refractivity contribution in [2.24, 2.45) is 5.41 Å². The van der Waals surface area contributed by atoms with E-state index in [-0.39, 0.29) is 0 Å². The molecule has 86 valence electrons. The van der Waals surface area contributed by atoms with E-state index in [1.807, 2.05) is 10.9 Å². The summed E-state index contributed by atoms with van der Waals surface area (Å²) in [6, 6.07) is 0. The molecule has 0 saturated carbocycles. The molecule has 0 aromatic carbocycles. The highest BCUT2D eigenvalue weighted by Gasteiger charge is 2.08. The van der Waals surface area contributed by atoms with Crippen molar-refractivity contribution in [3.63, 3.8) is 0 Å². The van der Waals surface area contributed by atoms with E-state index in [4.69, 9.17) is 11.6 Å². The minimum absolute atomic E-state index is 0.405. The number of aromatic nitrogens is 2. The second kappa shape index (κ2) is 5.52. The fourth-order valence-electron chi connectivity index (χ4n) is 1.24. The van der Waals surface area contributed by atoms with Crippen molar-refractivity contribution >= 4 is 11.6 Å². The maximum Gasteiger partial charge on any atom is 0.0785 e. The number of halogens is 1. The predicted octanol–water partition coefficient (Wildman–Crippen LogP) is 2.56. The zero-order valence-electron chi connectivity index (χ0n) is 9.76. The van der Waals surface area contributed by atoms with Gasteiger partial charge in [0.25, 0.3) is 0 Å². The molecule has 0 amide bonds. The van der Waals surface area contributed by atoms with Gasteiger partial charge in [-0.1, -0.05) is 32.4 Å². The van der Waals surface area contributed by atoms with E-state index in [2.05, 4.69) is 31.2 Å². The Morgan fingerprint density at radius 1 is 1.40 bits per heavy atom. The molecule has 1 heterocycles. The molecule has 1 rings (SSSR count). The summed E-state index contributed by atoms with van der Waals surface area (Å²) in [5.74, 6) is 0. The van der Waals surface area contributed by atoms with Gasteiger partial charge in [0.2, 0.25) is 0 Å². The lowest BCUT2D eigenvalue weighted by molar-refractivity contribution is 0.364. The highest BCUT2D eigenvalue weighted by molar-refractivity contribution is 6.30. The molecule has 0 radical (unpaired) electrons. The molecule has 0 spiro atoms. The molecule has 1 N–H and O–H groups in total. The molecule has 0 aliphatic heterocycles. The molecule has 1 aromatic rings. The van der Waals surface area contributed by atoms with Crippen molar-refractivity contribution in [2.45, 2.75) is 33.7 Å². The fraction of sp³-hybridized carbons (Fsp3) is 0.727. The van der Waals surface area contributed by atoms with Crippen molar-refractivity contribution < 1.29 is 0 Å². The third kappa shape index (κ3) is 5.80. The first-order valence-corrected chi connectivity index (χ1v) is 5.74. The van der Waals surface area contributed by atoms with Gasteiger partial charge in [0.05, 0.1) is 17.8 Å². The smallest absolute Gasteiger partial charge is 0.0785 e. The number of nitrogens with zero attached hydrogens (tertiary/aromatic N) is 2. The summed E-state index contributed by atoms with van der Waals surface area (Å²) in [6.07, 6.45) is 4.69. The molecule has 0 saturated heterocycles. The quantitative estimate of drug-likeness (QED) is 0.787. The zero-order valence-corrected chi connectivity index (χ0v) is 10.5. The van der Waals surface area contributed by atoms with E-state index in [1.165, 1.54) is 6.42 Å². The second-order valence-electron chi connectivity index (χ2n) is 4.98. The Hall–Kier alpha value is -0.540. The summed E-state index contributed by atoms with van der Waals surface area (Å²) in [4.78, 5) is 0. The van der Waals surface area contributed by atoms with Gasteiger partial charge in [-0.15, -0.1) is 0 Å². The minimum atomic E-state index is 0.405. The van der Waals surface area contributed by atoms with Crippen LogP contribution in [0.3, 0.4) is 0 Å². The molecule has 0 atom stereocenters. The standard InChI is InChI=1S/C11H20ClN3/c1-11(2,3)4-5-13-6-7-15-9-10(12)8-14-15/h8-9,13H,4-7H2,1-3H3. The van der Waals surface area contributed by atoms with Crippen molar-refractivity contribution in [2.75, 3.05) is 13.1 Å². The number of rotatable bonds is 5. The van der Waals surface area contributed by atoms with Crippen molar-refractivity contribution in [3.8, 4) is 0 Å². The largest absolute Gasteiger partial charge is 0.315 e. The maximum absolute atomic E-state index is 5.76. The average molecular weight is 230 g/mol. The molecular weight excluding hydrogens is 210 g/mol. The van der Waals surface area contributed by atoms with Crippen LogP contribution >= 0.6 is 11.6 Å². The van der Waals surface area contributed by atoms with Crippen LogP contribution in [0.1, 0.15) is 27.2 Å². The van der Waals surface area contributed by atoms with Crippen LogP contribution in [0.4, 0.5) is 0 Å². The van der Waals surface area contributed by atoms with E-state index in [0.717, 1.165) is 19.6 Å². The van der Waals surface area contributed by atoms with Crippen LogP contribution in [0, 0.1) is 5.41 Å². The first-order valence-electron chi connectivity index (χ1n) is 5.36. The predicted molar refractivity (Wildman–Crippen MR) is 64.2 cm³/mol. The third-order valence-corrected chi connectivity index (χ3v) is 2.37. The lowest BCUT2D eigenvalue weighted by Crippen LogP contribution is -2.24. The summed E-state index contributed by atoms with van der Waals surface area (Å²) >= 11 is 5.76. The van der Waals surface area contributed by atoms with Gasteiger partial charge in [0, 0.05) is 12.7 Å². The number of hydrogen-bond donors (Lipinski definition) is 1. The van der Waals surface area contributed by atoms with Gasteiger partial charge in [-0.2, -0.15) is 5.10 Å². The Labute approximate surface area is 96.8 Å². The first kappa shape index (κ1) is 12.5. The molecule has 0 unspecified atom stereocenters. The summed E-state index contributed by atoms with van der Waals surface area (Å²) in [6.45, 7) is 9.62. The van der Waals surface area contributed by atoms with Gasteiger partial charge in [-0.25, -0.2) is 0 Å². The molecule has 0 bridgehead atoms. The Morgan fingerprint density at radius 3 is 2.67 bits per heavy atom. The second-order valence-corrected chi connectivity index (χ2v) is 5.42. The summed E-state index contributed by atoms with van der Waals surface area (Å²) in [5, 5.41) is 8.20. The monoisotopic (exact) mass is 229 g/mol. The molecule has 4 heteroatoms. The summed E-state index contributed by atoms with van der Waals surface area (Å²) in [7, 11) is 0. The van der Waals surface area contributed by atoms with E-state index >= 15 is 0 Å². The molecule has 0 aliphatic carbocycles. The Bertz CT molecular complexity index is 288. The normalized spacial score (nSPS) is 12.0. The van der Waals surface area contributed by atoms with Gasteiger partial charge in [-0.3, -0.25) is 4.68 Å². The van der Waals surface area contributed by atoms with Crippen LogP contribution in [0.25, 0.3) is 0 Å². The van der Waals surface area contributed by atoms with Crippen LogP contribution in [-0.4, -0.2) is 22.9 Å². The summed E-state index contributed by atoms with van der Waals surface area (Å²) < 4.78 is 1.85. The van der Waals surface area contributed by atoms with Crippen molar-refractivity contribution in [1.82, 2.24) is 15.1 Å². The molecule has 15 heavy (non-hydrogen) atoms. The first-order chi connectivity index (χ1) is 6.97. The van der Waals surface area contributed by atoms with E-state index in [9.17, 15) is 0 Å². The zero-order chi connectivity index (χ0) is 11.3. The minimum Gasteiger partial charge on any atom is -0.315 e. The van der Waals surface area contributed by atoms with Crippen LogP contribution in [0.2, 0.25) is 5.02 Å². The molecule has 1 aromatic heterocycles. The Balaban J connectivity index is 2.07. The SMILES string of the molecule is CC(C)(C)CCNCCn1cc(Cl)cn1. The van der Waals surface area contributed by atoms with Crippen LogP contribution < -0.4 is 5.32 Å². The van der Waals surface area contributed by atoms with Gasteiger partial charge in [0.15, 0.2) is 0 Å². The number of hydrogen-bond acceptors (Lipinski definition) is 2. The van der Waals surface area contributed by atoms with Gasteiger partial charge < -0.3 is 5.32 Å². The third-order valence-electron chi connectivity index (χ3n) is 2.17. The van der Waals surface area contributed by atoms with Crippen LogP contribution in [0.5, 0.6) is 0 Å². The highest BCUT2D eigenvalue weighted by Crippen LogP contribution is 2.16. The van der Waals surface area contributed by atoms with Crippen molar-refractivity contribution in [1.29, 1.82) is 0 Å². The molecule has 0 fully saturated rings. The maximum atomic E-state index is 5.76. The fourth-order valence-corrected chi connectivity index (χ4v) is 1.40. The van der Waals surface area contributed by atoms with E-state index in [1.54, 1.807) is 6.20 Å². The molecule has 0 aliphatic rings. The average Bonchev–Trinajstić information content (AvgIpc) is 2.49. The Kier molecular flexibility index (Phi) is 4.61. The van der Waals surface area contributed by atoms with Gasteiger partial charge in [0.1, 0.15) is 0 Å².